The van der Waals surface area contributed by atoms with Crippen LogP contribution in [-0.2, 0) is 11.3 Å². The van der Waals surface area contributed by atoms with Gasteiger partial charge in [-0.25, -0.2) is 9.67 Å². The molecule has 2 aliphatic heterocycles. The van der Waals surface area contributed by atoms with Crippen molar-refractivity contribution in [1.82, 2.24) is 24.2 Å². The van der Waals surface area contributed by atoms with Gasteiger partial charge in [0.05, 0.1) is 29.6 Å². The molecule has 2 N–H and O–H groups in total. The fourth-order valence-corrected chi connectivity index (χ4v) is 5.59. The van der Waals surface area contributed by atoms with Crippen molar-refractivity contribution < 1.29 is 15.0 Å². The summed E-state index contributed by atoms with van der Waals surface area (Å²) in [4.78, 5) is 34.6. The van der Waals surface area contributed by atoms with Crippen LogP contribution in [0.2, 0.25) is 0 Å². The summed E-state index contributed by atoms with van der Waals surface area (Å²) >= 11 is 0. The van der Waals surface area contributed by atoms with Crippen LogP contribution in [-0.4, -0.2) is 77.7 Å². The predicted molar refractivity (Wildman–Crippen MR) is 143 cm³/mol. The molecule has 2 aromatic heterocycles. The number of aromatic nitrogens is 4. The summed E-state index contributed by atoms with van der Waals surface area (Å²) in [5.41, 5.74) is 0.0682. The van der Waals surface area contributed by atoms with Gasteiger partial charge in [-0.1, -0.05) is 13.0 Å². The highest BCUT2D eigenvalue weighted by Gasteiger charge is 2.48. The number of hydrogen-bond donors (Lipinski definition) is 2. The number of carbonyl (C=O) groups excluding carboxylic acids is 1. The molecule has 1 aliphatic carbocycles. The Labute approximate surface area is 221 Å². The molecular weight excluding hydrogens is 484 g/mol. The number of fused-ring (bicyclic) bond motifs is 1. The highest BCUT2D eigenvalue weighted by molar-refractivity contribution is 5.85. The lowest BCUT2D eigenvalue weighted by atomic mass is 9.84. The van der Waals surface area contributed by atoms with Gasteiger partial charge in [-0.15, -0.1) is 0 Å². The first-order valence-corrected chi connectivity index (χ1v) is 13.5. The Balaban J connectivity index is 1.18. The van der Waals surface area contributed by atoms with Crippen LogP contribution in [0.4, 0.5) is 5.69 Å². The lowest BCUT2D eigenvalue weighted by Gasteiger charge is -2.46. The summed E-state index contributed by atoms with van der Waals surface area (Å²) < 4.78 is 3.12. The van der Waals surface area contributed by atoms with E-state index < -0.39 is 11.2 Å². The minimum atomic E-state index is -1.07. The Hall–Kier alpha value is -3.24. The van der Waals surface area contributed by atoms with Crippen molar-refractivity contribution in [3.05, 3.63) is 47.1 Å². The number of aliphatic hydroxyl groups is 2. The maximum Gasteiger partial charge on any atom is 0.264 e. The largest absolute Gasteiger partial charge is 0.390 e. The minimum absolute atomic E-state index is 0.131. The molecule has 0 atom stereocenters. The van der Waals surface area contributed by atoms with Crippen LogP contribution in [0.15, 0.2) is 41.6 Å². The van der Waals surface area contributed by atoms with Crippen LogP contribution in [0.25, 0.3) is 16.7 Å². The number of rotatable bonds is 6. The van der Waals surface area contributed by atoms with Crippen molar-refractivity contribution in [3.63, 3.8) is 0 Å². The molecule has 202 valence electrons. The standard InChI is InChI=1S/C28H36N6O4/c1-26(2,37)19-15-32(16-19)20-5-4-6-21(13-20)34-23-22(14-30-34)24(35)33(18-29-23)17-28(38)9-11-31(12-10-28)25(36)27(3)7-8-27/h4-6,13-14,18-19,37-38H,7-12,15-17H2,1-3H3. The fourth-order valence-electron chi connectivity index (χ4n) is 5.59. The lowest BCUT2D eigenvalue weighted by molar-refractivity contribution is -0.141. The second-order valence-electron chi connectivity index (χ2n) is 12.3. The molecule has 0 radical (unpaired) electrons. The quantitative estimate of drug-likeness (QED) is 0.510. The van der Waals surface area contributed by atoms with Gasteiger partial charge in [0.1, 0.15) is 11.7 Å². The molecule has 6 rings (SSSR count). The molecular formula is C28H36N6O4. The molecule has 2 saturated heterocycles. The van der Waals surface area contributed by atoms with Gasteiger partial charge >= 0.3 is 0 Å². The Kier molecular flexibility index (Phi) is 5.70. The van der Waals surface area contributed by atoms with Crippen LogP contribution in [0, 0.1) is 11.3 Å². The second-order valence-corrected chi connectivity index (χ2v) is 12.3. The van der Waals surface area contributed by atoms with Gasteiger partial charge in [0.15, 0.2) is 5.65 Å². The van der Waals surface area contributed by atoms with Crippen molar-refractivity contribution in [1.29, 1.82) is 0 Å². The van der Waals surface area contributed by atoms with E-state index in [1.165, 1.54) is 17.1 Å². The Morgan fingerprint density at radius 1 is 1.13 bits per heavy atom. The van der Waals surface area contributed by atoms with Gasteiger partial charge < -0.3 is 20.0 Å². The average molecular weight is 521 g/mol. The van der Waals surface area contributed by atoms with Crippen molar-refractivity contribution in [3.8, 4) is 5.69 Å². The predicted octanol–water partition coefficient (Wildman–Crippen LogP) is 1.94. The molecule has 1 saturated carbocycles. The number of carbonyl (C=O) groups is 1. The average Bonchev–Trinajstić information content (AvgIpc) is 3.44. The molecule has 3 aromatic rings. The fraction of sp³-hybridized carbons (Fsp3) is 0.571. The molecule has 10 heteroatoms. The number of amides is 1. The summed E-state index contributed by atoms with van der Waals surface area (Å²) in [5, 5.41) is 26.3. The van der Waals surface area contributed by atoms with Crippen molar-refractivity contribution in [2.75, 3.05) is 31.1 Å². The third kappa shape index (κ3) is 4.39. The van der Waals surface area contributed by atoms with Crippen LogP contribution in [0.5, 0.6) is 0 Å². The third-order valence-electron chi connectivity index (χ3n) is 8.84. The maximum absolute atomic E-state index is 13.3. The number of likely N-dealkylation sites (tertiary alicyclic amines) is 1. The highest BCUT2D eigenvalue weighted by atomic mass is 16.3. The van der Waals surface area contributed by atoms with E-state index >= 15 is 0 Å². The van der Waals surface area contributed by atoms with Crippen molar-refractivity contribution in [2.45, 2.75) is 64.2 Å². The first-order valence-electron chi connectivity index (χ1n) is 13.5. The normalized spacial score (nSPS) is 21.0. The SMILES string of the molecule is CC1(C(=O)N2CCC(O)(Cn3cnc4c(cnn4-c4cccc(N5CC(C(C)(C)O)C5)c4)c3=O)CC2)CC1. The van der Waals surface area contributed by atoms with E-state index in [2.05, 4.69) is 15.0 Å². The number of piperidine rings is 1. The lowest BCUT2D eigenvalue weighted by Crippen LogP contribution is -2.55. The smallest absolute Gasteiger partial charge is 0.264 e. The van der Waals surface area contributed by atoms with Crippen molar-refractivity contribution in [2.24, 2.45) is 11.3 Å². The summed E-state index contributed by atoms with van der Waals surface area (Å²) in [6.07, 6.45) is 5.74. The summed E-state index contributed by atoms with van der Waals surface area (Å²) in [7, 11) is 0. The van der Waals surface area contributed by atoms with Crippen molar-refractivity contribution >= 4 is 22.6 Å². The van der Waals surface area contributed by atoms with E-state index in [-0.39, 0.29) is 29.3 Å². The van der Waals surface area contributed by atoms with Gasteiger partial charge in [0.2, 0.25) is 5.91 Å². The van der Waals surface area contributed by atoms with E-state index in [9.17, 15) is 19.8 Å². The highest BCUT2D eigenvalue weighted by Crippen LogP contribution is 2.47. The van der Waals surface area contributed by atoms with Gasteiger partial charge in [-0.2, -0.15) is 5.10 Å². The van der Waals surface area contributed by atoms with E-state index in [0.717, 1.165) is 37.3 Å². The molecule has 10 nitrogen and oxygen atoms in total. The third-order valence-corrected chi connectivity index (χ3v) is 8.84. The zero-order chi connectivity index (χ0) is 26.9. The van der Waals surface area contributed by atoms with Crippen LogP contribution in [0.3, 0.4) is 0 Å². The molecule has 1 amide bonds. The summed E-state index contributed by atoms with van der Waals surface area (Å²) in [6, 6.07) is 7.92. The summed E-state index contributed by atoms with van der Waals surface area (Å²) in [5.74, 6) is 0.406. The van der Waals surface area contributed by atoms with Gasteiger partial charge in [-0.3, -0.25) is 14.2 Å². The first kappa shape index (κ1) is 25.1. The monoisotopic (exact) mass is 520 g/mol. The number of anilines is 1. The van der Waals surface area contributed by atoms with Crippen LogP contribution < -0.4 is 10.5 Å². The number of benzene rings is 1. The molecule has 3 aliphatic rings. The van der Waals surface area contributed by atoms with Gasteiger partial charge in [0, 0.05) is 43.2 Å². The second kappa shape index (κ2) is 8.64. The zero-order valence-corrected chi connectivity index (χ0v) is 22.3. The molecule has 0 bridgehead atoms. The first-order chi connectivity index (χ1) is 18.0. The summed E-state index contributed by atoms with van der Waals surface area (Å²) in [6.45, 7) is 8.38. The van der Waals surface area contributed by atoms with Crippen LogP contribution in [0.1, 0.15) is 46.5 Å². The molecule has 38 heavy (non-hydrogen) atoms. The Morgan fingerprint density at radius 3 is 2.47 bits per heavy atom. The molecule has 1 aromatic carbocycles. The van der Waals surface area contributed by atoms with Gasteiger partial charge in [0.25, 0.3) is 5.56 Å². The Morgan fingerprint density at radius 2 is 1.82 bits per heavy atom. The van der Waals surface area contributed by atoms with E-state index in [1.807, 2.05) is 49.9 Å². The number of hydrogen-bond acceptors (Lipinski definition) is 7. The topological polar surface area (TPSA) is 117 Å². The Bertz CT molecular complexity index is 1440. The molecule has 0 unspecified atom stereocenters. The maximum atomic E-state index is 13.3. The zero-order valence-electron chi connectivity index (χ0n) is 22.3. The molecule has 3 fully saturated rings. The minimum Gasteiger partial charge on any atom is -0.390 e. The molecule has 4 heterocycles. The van der Waals surface area contributed by atoms with E-state index in [4.69, 9.17) is 0 Å². The van der Waals surface area contributed by atoms with E-state index in [1.54, 1.807) is 4.68 Å². The van der Waals surface area contributed by atoms with Gasteiger partial charge in [-0.05, 0) is 57.7 Å². The van der Waals surface area contributed by atoms with Crippen LogP contribution >= 0.6 is 0 Å². The number of nitrogens with zero attached hydrogens (tertiary/aromatic N) is 6. The molecule has 0 spiro atoms. The van der Waals surface area contributed by atoms with E-state index in [0.29, 0.717) is 37.0 Å².